The number of aliphatic hydroxyl groups is 4. The van der Waals surface area contributed by atoms with Crippen LogP contribution in [0.5, 0.6) is 5.75 Å². The Balaban J connectivity index is 1.11. The van der Waals surface area contributed by atoms with Gasteiger partial charge in [0.25, 0.3) is 0 Å². The molecule has 300 valence electrons. The van der Waals surface area contributed by atoms with E-state index in [4.69, 9.17) is 14.7 Å². The Hall–Kier alpha value is -4.38. The van der Waals surface area contributed by atoms with Crippen LogP contribution < -0.4 is 4.74 Å². The van der Waals surface area contributed by atoms with Gasteiger partial charge in [0.2, 0.25) is 0 Å². The third-order valence-corrected chi connectivity index (χ3v) is 12.3. The maximum absolute atomic E-state index is 11.4. The minimum absolute atomic E-state index is 0.192. The standard InChI is InChI=1S/C48H57N3O5S/c1-2-3-4-5-6-7-8-9-10-11-12-13-14-18-29-56-35-24-21-33(22-25-35)42-36-26-23-34(49-36)30-37-45(52)46(53)38(50-37)31-39-47(54)48(55)44(51-39)43(32-19-16-15-17-20-32)41-28-27-40(42)57-41/h15-17,19-28,30-31,45-48,50,52-55H,2-14,18,29H2,1H3. The first-order valence-corrected chi connectivity index (χ1v) is 21.9. The zero-order valence-corrected chi connectivity index (χ0v) is 33.9. The normalized spacial score (nSPS) is 18.2. The van der Waals surface area contributed by atoms with Crippen LogP contribution in [0.4, 0.5) is 0 Å². The number of rotatable bonds is 18. The van der Waals surface area contributed by atoms with Crippen molar-refractivity contribution in [2.45, 2.75) is 121 Å². The van der Waals surface area contributed by atoms with Gasteiger partial charge in [-0.3, -0.25) is 4.98 Å². The quantitative estimate of drug-likeness (QED) is 0.0559. The lowest BCUT2D eigenvalue weighted by molar-refractivity contribution is 0.0219. The van der Waals surface area contributed by atoms with Crippen molar-refractivity contribution in [2.24, 2.45) is 0 Å². The number of benzene rings is 2. The van der Waals surface area contributed by atoms with Crippen LogP contribution in [0.25, 0.3) is 43.8 Å². The molecule has 0 radical (unpaired) electrons. The molecule has 2 aromatic heterocycles. The molecule has 5 heterocycles. The van der Waals surface area contributed by atoms with Crippen molar-refractivity contribution in [3.8, 4) is 28.0 Å². The lowest BCUT2D eigenvalue weighted by Crippen LogP contribution is -2.05. The second-order valence-electron chi connectivity index (χ2n) is 15.5. The largest absolute Gasteiger partial charge is 0.494 e. The van der Waals surface area contributed by atoms with Crippen molar-refractivity contribution in [3.05, 3.63) is 113 Å². The Labute approximate surface area is 340 Å². The Morgan fingerprint density at radius 1 is 0.579 bits per heavy atom. The molecule has 0 saturated heterocycles. The van der Waals surface area contributed by atoms with Gasteiger partial charge in [-0.2, -0.15) is 0 Å². The Morgan fingerprint density at radius 2 is 1.16 bits per heavy atom. The van der Waals surface area contributed by atoms with E-state index in [-0.39, 0.29) is 11.4 Å². The number of fused-ring (bicyclic) bond motifs is 8. The molecule has 0 amide bonds. The second kappa shape index (κ2) is 19.9. The van der Waals surface area contributed by atoms with Crippen LogP contribution in [0.2, 0.25) is 0 Å². The Kier molecular flexibility index (Phi) is 14.2. The van der Waals surface area contributed by atoms with Crippen LogP contribution >= 0.6 is 11.3 Å². The van der Waals surface area contributed by atoms with Crippen LogP contribution in [0, 0.1) is 0 Å². The van der Waals surface area contributed by atoms with E-state index in [0.717, 1.165) is 44.0 Å². The summed E-state index contributed by atoms with van der Waals surface area (Å²) in [5.74, 6) is 0.831. The zero-order valence-electron chi connectivity index (χ0n) is 33.1. The highest BCUT2D eigenvalue weighted by molar-refractivity contribution is 7.24. The summed E-state index contributed by atoms with van der Waals surface area (Å²) in [6.07, 6.45) is 17.3. The summed E-state index contributed by atoms with van der Waals surface area (Å²) < 4.78 is 8.02. The molecule has 0 aliphatic carbocycles. The molecule has 0 spiro atoms. The van der Waals surface area contributed by atoms with Crippen molar-refractivity contribution < 1.29 is 25.2 Å². The van der Waals surface area contributed by atoms with Crippen LogP contribution in [0.15, 0.2) is 78.9 Å². The van der Waals surface area contributed by atoms with E-state index in [2.05, 4.69) is 30.1 Å². The summed E-state index contributed by atoms with van der Waals surface area (Å²) in [7, 11) is 0. The van der Waals surface area contributed by atoms with Gasteiger partial charge >= 0.3 is 0 Å². The third-order valence-electron chi connectivity index (χ3n) is 11.2. The summed E-state index contributed by atoms with van der Waals surface area (Å²) in [6.45, 7) is 2.97. The highest BCUT2D eigenvalue weighted by Crippen LogP contribution is 2.44. The Morgan fingerprint density at radius 3 is 1.81 bits per heavy atom. The molecule has 8 bridgehead atoms. The topological polar surface area (TPSA) is 132 Å². The van der Waals surface area contributed by atoms with Gasteiger partial charge in [-0.15, -0.1) is 11.3 Å². The van der Waals surface area contributed by atoms with Crippen molar-refractivity contribution in [1.82, 2.24) is 15.0 Å². The maximum atomic E-state index is 11.4. The first-order chi connectivity index (χ1) is 27.9. The zero-order chi connectivity index (χ0) is 39.6. The van der Waals surface area contributed by atoms with Gasteiger partial charge in [0, 0.05) is 31.9 Å². The molecular weight excluding hydrogens is 731 g/mol. The van der Waals surface area contributed by atoms with E-state index in [9.17, 15) is 20.4 Å². The van der Waals surface area contributed by atoms with E-state index in [1.807, 2.05) is 60.7 Å². The molecule has 2 aromatic carbocycles. The predicted molar refractivity (Wildman–Crippen MR) is 231 cm³/mol. The van der Waals surface area contributed by atoms with Gasteiger partial charge in [-0.05, 0) is 66.1 Å². The average Bonchev–Trinajstić information content (AvgIpc) is 4.01. The monoisotopic (exact) mass is 787 g/mol. The van der Waals surface area contributed by atoms with Gasteiger partial charge in [-0.1, -0.05) is 133 Å². The molecule has 4 atom stereocenters. The minimum atomic E-state index is -1.32. The minimum Gasteiger partial charge on any atom is -0.494 e. The van der Waals surface area contributed by atoms with Crippen LogP contribution in [-0.4, -0.2) is 42.0 Å². The number of thiophene rings is 1. The fourth-order valence-electron chi connectivity index (χ4n) is 7.97. The van der Waals surface area contributed by atoms with E-state index in [1.54, 1.807) is 17.4 Å². The fraction of sp³-hybridized carbons (Fsp3) is 0.417. The molecular formula is C48H57N3O5S. The fourth-order valence-corrected chi connectivity index (χ4v) is 9.12. The molecule has 4 unspecified atom stereocenters. The summed E-state index contributed by atoms with van der Waals surface area (Å²) in [5, 5.41) is 44.5. The van der Waals surface area contributed by atoms with Crippen LogP contribution in [0.3, 0.4) is 0 Å². The summed E-state index contributed by atoms with van der Waals surface area (Å²) in [4.78, 5) is 12.9. The average molecular weight is 788 g/mol. The van der Waals surface area contributed by atoms with Gasteiger partial charge in [0.15, 0.2) is 0 Å². The number of hydrogen-bond donors (Lipinski definition) is 5. The molecule has 4 aromatic rings. The summed E-state index contributed by atoms with van der Waals surface area (Å²) >= 11 is 1.57. The van der Waals surface area contributed by atoms with Crippen LogP contribution in [0.1, 0.15) is 155 Å². The number of aliphatic hydroxyl groups excluding tert-OH is 4. The summed E-state index contributed by atoms with van der Waals surface area (Å²) in [5.41, 5.74) is 6.01. The highest BCUT2D eigenvalue weighted by Gasteiger charge is 2.34. The van der Waals surface area contributed by atoms with Crippen molar-refractivity contribution in [2.75, 3.05) is 6.61 Å². The first-order valence-electron chi connectivity index (χ1n) is 21.1. The number of aromatic amines is 1. The number of nitrogens with one attached hydrogen (secondary N) is 1. The van der Waals surface area contributed by atoms with E-state index in [1.165, 1.54) is 89.5 Å². The van der Waals surface area contributed by atoms with Crippen LogP contribution in [-0.2, 0) is 0 Å². The van der Waals surface area contributed by atoms with Gasteiger partial charge in [0.1, 0.15) is 30.2 Å². The van der Waals surface area contributed by atoms with E-state index < -0.39 is 24.4 Å². The van der Waals surface area contributed by atoms with Gasteiger partial charge < -0.3 is 30.1 Å². The SMILES string of the molecule is CCCCCCCCCCCCCCCCOc1ccc(-c2c3nc(cc4[nH]c(cc5nc(c(-c6ccccc6)c6ccc2s6)C(O)C5O)C(O)C4O)C=C3)cc1. The molecule has 8 nitrogen and oxygen atoms in total. The molecule has 5 N–H and O–H groups in total. The molecule has 0 fully saturated rings. The molecule has 9 heteroatoms. The number of nitrogens with zero attached hydrogens (tertiary/aromatic N) is 2. The highest BCUT2D eigenvalue weighted by atomic mass is 32.1. The van der Waals surface area contributed by atoms with Crippen molar-refractivity contribution >= 4 is 32.9 Å². The third kappa shape index (κ3) is 10.0. The second-order valence-corrected chi connectivity index (χ2v) is 16.6. The predicted octanol–water partition coefficient (Wildman–Crippen LogP) is 11.7. The lowest BCUT2D eigenvalue weighted by Gasteiger charge is -2.11. The molecule has 7 rings (SSSR count). The van der Waals surface area contributed by atoms with Crippen molar-refractivity contribution in [3.63, 3.8) is 0 Å². The van der Waals surface area contributed by atoms with E-state index in [0.29, 0.717) is 29.3 Å². The number of unbranched alkanes of at least 4 members (excludes halogenated alkanes) is 13. The number of ether oxygens (including phenoxy) is 1. The molecule has 0 saturated carbocycles. The lowest BCUT2D eigenvalue weighted by atomic mass is 10.0. The maximum Gasteiger partial charge on any atom is 0.128 e. The number of aromatic nitrogens is 3. The van der Waals surface area contributed by atoms with Crippen molar-refractivity contribution in [1.29, 1.82) is 0 Å². The number of H-pyrrole nitrogens is 1. The van der Waals surface area contributed by atoms with E-state index >= 15 is 0 Å². The summed E-state index contributed by atoms with van der Waals surface area (Å²) in [6, 6.07) is 25.2. The first kappa shape index (κ1) is 40.8. The van der Waals surface area contributed by atoms with Gasteiger partial charge in [-0.25, -0.2) is 4.98 Å². The van der Waals surface area contributed by atoms with Gasteiger partial charge in [0.05, 0.1) is 29.4 Å². The number of hydrogen-bond acceptors (Lipinski definition) is 8. The smallest absolute Gasteiger partial charge is 0.128 e. The molecule has 3 aliphatic rings. The Bertz CT molecular complexity index is 2160. The molecule has 57 heavy (non-hydrogen) atoms. The molecule has 3 aliphatic heterocycles.